The zero-order chi connectivity index (χ0) is 14.9. The molecule has 0 atom stereocenters. The van der Waals surface area contributed by atoms with Crippen molar-refractivity contribution in [1.29, 1.82) is 0 Å². The van der Waals surface area contributed by atoms with Crippen molar-refractivity contribution in [3.05, 3.63) is 72.8 Å². The Bertz CT molecular complexity index is 931. The molecule has 0 radical (unpaired) electrons. The number of pyridine rings is 1. The number of imidazole rings is 1. The first kappa shape index (κ1) is 12.7. The van der Waals surface area contributed by atoms with Gasteiger partial charge in [-0.3, -0.25) is 0 Å². The SMILES string of the molecule is Fc1c(-c2ccccc2)nc2ccccc2c1-c1ncc[nH]1. The molecule has 0 bridgehead atoms. The first-order valence-corrected chi connectivity index (χ1v) is 6.98. The molecule has 2 heterocycles. The summed E-state index contributed by atoms with van der Waals surface area (Å²) >= 11 is 0. The topological polar surface area (TPSA) is 41.6 Å². The van der Waals surface area contributed by atoms with Gasteiger partial charge in [0.1, 0.15) is 11.5 Å². The van der Waals surface area contributed by atoms with Gasteiger partial charge in [-0.25, -0.2) is 14.4 Å². The number of rotatable bonds is 2. The number of halogens is 1. The molecular formula is C18H12FN3. The molecule has 0 saturated carbocycles. The highest BCUT2D eigenvalue weighted by Crippen LogP contribution is 2.33. The van der Waals surface area contributed by atoms with Crippen LogP contribution in [-0.4, -0.2) is 15.0 Å². The molecular weight excluding hydrogens is 277 g/mol. The molecule has 3 nitrogen and oxygen atoms in total. The van der Waals surface area contributed by atoms with E-state index in [0.29, 0.717) is 17.1 Å². The van der Waals surface area contributed by atoms with Crippen molar-refractivity contribution in [2.45, 2.75) is 0 Å². The van der Waals surface area contributed by atoms with Crippen LogP contribution in [0.15, 0.2) is 67.0 Å². The van der Waals surface area contributed by atoms with Crippen LogP contribution >= 0.6 is 0 Å². The number of hydrogen-bond acceptors (Lipinski definition) is 2. The Morgan fingerprint density at radius 3 is 2.45 bits per heavy atom. The highest BCUT2D eigenvalue weighted by atomic mass is 19.1. The van der Waals surface area contributed by atoms with Crippen molar-refractivity contribution in [3.63, 3.8) is 0 Å². The summed E-state index contributed by atoms with van der Waals surface area (Å²) in [6.45, 7) is 0. The standard InChI is InChI=1S/C18H12FN3/c19-16-15(18-20-10-11-21-18)13-8-4-5-9-14(13)22-17(16)12-6-2-1-3-7-12/h1-11H,(H,20,21). The molecule has 0 aliphatic carbocycles. The van der Waals surface area contributed by atoms with Crippen LogP contribution in [0.1, 0.15) is 0 Å². The predicted octanol–water partition coefficient (Wildman–Crippen LogP) is 4.43. The molecule has 0 aliphatic rings. The number of hydrogen-bond donors (Lipinski definition) is 1. The van der Waals surface area contributed by atoms with E-state index in [2.05, 4.69) is 15.0 Å². The molecule has 0 aliphatic heterocycles. The van der Waals surface area contributed by atoms with E-state index in [1.165, 1.54) is 0 Å². The van der Waals surface area contributed by atoms with Gasteiger partial charge < -0.3 is 4.98 Å². The van der Waals surface area contributed by atoms with Gasteiger partial charge in [0.2, 0.25) is 0 Å². The van der Waals surface area contributed by atoms with Crippen molar-refractivity contribution in [2.75, 3.05) is 0 Å². The monoisotopic (exact) mass is 289 g/mol. The van der Waals surface area contributed by atoms with Crippen LogP contribution in [0.3, 0.4) is 0 Å². The lowest BCUT2D eigenvalue weighted by molar-refractivity contribution is 0.630. The Balaban J connectivity index is 2.10. The van der Waals surface area contributed by atoms with Gasteiger partial charge in [-0.05, 0) is 6.07 Å². The number of nitrogens with one attached hydrogen (secondary N) is 1. The van der Waals surface area contributed by atoms with Crippen LogP contribution < -0.4 is 0 Å². The quantitative estimate of drug-likeness (QED) is 0.593. The summed E-state index contributed by atoms with van der Waals surface area (Å²) in [6.07, 6.45) is 3.30. The Labute approximate surface area is 126 Å². The van der Waals surface area contributed by atoms with Gasteiger partial charge in [0.05, 0.1) is 11.1 Å². The van der Waals surface area contributed by atoms with Crippen molar-refractivity contribution in [3.8, 4) is 22.6 Å². The van der Waals surface area contributed by atoms with E-state index >= 15 is 4.39 Å². The third-order valence-electron chi connectivity index (χ3n) is 3.62. The molecule has 0 saturated heterocycles. The first-order valence-electron chi connectivity index (χ1n) is 6.98. The largest absolute Gasteiger partial charge is 0.345 e. The summed E-state index contributed by atoms with van der Waals surface area (Å²) in [5.41, 5.74) is 2.29. The van der Waals surface area contributed by atoms with E-state index in [1.54, 1.807) is 12.4 Å². The second-order valence-corrected chi connectivity index (χ2v) is 4.97. The van der Waals surface area contributed by atoms with E-state index in [9.17, 15) is 0 Å². The van der Waals surface area contributed by atoms with E-state index in [4.69, 9.17) is 0 Å². The molecule has 0 amide bonds. The number of aromatic nitrogens is 3. The Morgan fingerprint density at radius 1 is 0.909 bits per heavy atom. The van der Waals surface area contributed by atoms with E-state index in [-0.39, 0.29) is 5.82 Å². The number of benzene rings is 2. The molecule has 4 aromatic rings. The molecule has 4 rings (SSSR count). The summed E-state index contributed by atoms with van der Waals surface area (Å²) in [5.74, 6) is 0.146. The van der Waals surface area contributed by atoms with Gasteiger partial charge in [-0.15, -0.1) is 0 Å². The lowest BCUT2D eigenvalue weighted by atomic mass is 10.0. The Kier molecular flexibility index (Phi) is 2.93. The maximum absolute atomic E-state index is 15.1. The van der Waals surface area contributed by atoms with Gasteiger partial charge in [-0.1, -0.05) is 48.5 Å². The van der Waals surface area contributed by atoms with Gasteiger partial charge >= 0.3 is 0 Å². The fraction of sp³-hybridized carbons (Fsp3) is 0. The Hall–Kier alpha value is -3.01. The lowest BCUT2D eigenvalue weighted by Gasteiger charge is -2.10. The smallest absolute Gasteiger partial charge is 0.161 e. The molecule has 2 aromatic carbocycles. The molecule has 106 valence electrons. The number of nitrogens with zero attached hydrogens (tertiary/aromatic N) is 2. The van der Waals surface area contributed by atoms with Crippen molar-refractivity contribution in [1.82, 2.24) is 15.0 Å². The molecule has 4 heteroatoms. The van der Waals surface area contributed by atoms with Gasteiger partial charge in [-0.2, -0.15) is 0 Å². The minimum absolute atomic E-state index is 0.339. The average Bonchev–Trinajstić information content (AvgIpc) is 3.09. The number of aromatic amines is 1. The van der Waals surface area contributed by atoms with E-state index in [0.717, 1.165) is 16.5 Å². The fourth-order valence-electron chi connectivity index (χ4n) is 2.61. The third-order valence-corrected chi connectivity index (χ3v) is 3.62. The van der Waals surface area contributed by atoms with Crippen LogP contribution in [0.25, 0.3) is 33.5 Å². The van der Waals surface area contributed by atoms with Crippen LogP contribution in [0.2, 0.25) is 0 Å². The van der Waals surface area contributed by atoms with Crippen LogP contribution in [-0.2, 0) is 0 Å². The summed E-state index contributed by atoms with van der Waals surface area (Å²) in [7, 11) is 0. The van der Waals surface area contributed by atoms with Crippen LogP contribution in [0, 0.1) is 5.82 Å². The van der Waals surface area contributed by atoms with E-state index in [1.807, 2.05) is 54.6 Å². The highest BCUT2D eigenvalue weighted by molar-refractivity contribution is 5.95. The zero-order valence-electron chi connectivity index (χ0n) is 11.6. The summed E-state index contributed by atoms with van der Waals surface area (Å²) in [6, 6.07) is 16.9. The number of H-pyrrole nitrogens is 1. The van der Waals surface area contributed by atoms with Crippen molar-refractivity contribution < 1.29 is 4.39 Å². The van der Waals surface area contributed by atoms with Gasteiger partial charge in [0, 0.05) is 23.3 Å². The molecule has 22 heavy (non-hydrogen) atoms. The molecule has 2 aromatic heterocycles. The summed E-state index contributed by atoms with van der Waals surface area (Å²) in [4.78, 5) is 11.7. The maximum Gasteiger partial charge on any atom is 0.161 e. The first-order chi connectivity index (χ1) is 10.8. The minimum Gasteiger partial charge on any atom is -0.345 e. The van der Waals surface area contributed by atoms with Crippen molar-refractivity contribution >= 4 is 10.9 Å². The zero-order valence-corrected chi connectivity index (χ0v) is 11.6. The second kappa shape index (κ2) is 5.07. The van der Waals surface area contributed by atoms with Crippen LogP contribution in [0.4, 0.5) is 4.39 Å². The minimum atomic E-state index is -0.361. The summed E-state index contributed by atoms with van der Waals surface area (Å²) < 4.78 is 15.1. The predicted molar refractivity (Wildman–Crippen MR) is 84.7 cm³/mol. The van der Waals surface area contributed by atoms with Gasteiger partial charge in [0.25, 0.3) is 0 Å². The molecule has 0 fully saturated rings. The van der Waals surface area contributed by atoms with Crippen molar-refractivity contribution in [2.24, 2.45) is 0 Å². The average molecular weight is 289 g/mol. The highest BCUT2D eigenvalue weighted by Gasteiger charge is 2.18. The molecule has 1 N–H and O–H groups in total. The normalized spacial score (nSPS) is 11.0. The number of para-hydroxylation sites is 1. The number of fused-ring (bicyclic) bond motifs is 1. The van der Waals surface area contributed by atoms with E-state index < -0.39 is 0 Å². The Morgan fingerprint density at radius 2 is 1.68 bits per heavy atom. The summed E-state index contributed by atoms with van der Waals surface area (Å²) in [5, 5.41) is 0.745. The lowest BCUT2D eigenvalue weighted by Crippen LogP contribution is -1.97. The van der Waals surface area contributed by atoms with Gasteiger partial charge in [0.15, 0.2) is 5.82 Å². The molecule has 0 spiro atoms. The third kappa shape index (κ3) is 1.97. The van der Waals surface area contributed by atoms with Crippen LogP contribution in [0.5, 0.6) is 0 Å². The molecule has 0 unspecified atom stereocenters. The second-order valence-electron chi connectivity index (χ2n) is 4.97. The fourth-order valence-corrected chi connectivity index (χ4v) is 2.61. The maximum atomic E-state index is 15.1.